The van der Waals surface area contributed by atoms with Gasteiger partial charge in [-0.05, 0) is 6.07 Å². The number of ether oxygens (including phenoxy) is 1. The van der Waals surface area contributed by atoms with Crippen LogP contribution in [0, 0.1) is 11.8 Å². The first kappa shape index (κ1) is 10.1. The maximum absolute atomic E-state index is 10.0. The Kier molecular flexibility index (Phi) is 3.50. The summed E-state index contributed by atoms with van der Waals surface area (Å²) in [6.45, 7) is 0. The highest BCUT2D eigenvalue weighted by molar-refractivity contribution is 5.56. The van der Waals surface area contributed by atoms with Crippen LogP contribution in [-0.4, -0.2) is 18.4 Å². The molecule has 0 amide bonds. The summed E-state index contributed by atoms with van der Waals surface area (Å²) in [4.78, 5) is 14.0. The van der Waals surface area contributed by atoms with E-state index in [1.807, 2.05) is 0 Å². The molecule has 0 spiro atoms. The van der Waals surface area contributed by atoms with Crippen LogP contribution in [0.1, 0.15) is 12.0 Å². The van der Waals surface area contributed by atoms with Crippen molar-refractivity contribution in [3.63, 3.8) is 0 Å². The van der Waals surface area contributed by atoms with Crippen LogP contribution in [0.4, 0.5) is 5.69 Å². The number of pyridine rings is 1. The van der Waals surface area contributed by atoms with E-state index in [1.165, 1.54) is 13.3 Å². The highest BCUT2D eigenvalue weighted by Crippen LogP contribution is 2.15. The molecule has 0 atom stereocenters. The molecule has 1 heterocycles. The van der Waals surface area contributed by atoms with Crippen molar-refractivity contribution < 1.29 is 9.53 Å². The number of methoxy groups -OCH3 is 1. The average molecular weight is 190 g/mol. The van der Waals surface area contributed by atoms with Crippen molar-refractivity contribution in [1.82, 2.24) is 4.98 Å². The minimum atomic E-state index is 0.192. The Morgan fingerprint density at radius 1 is 1.71 bits per heavy atom. The molecule has 4 nitrogen and oxygen atoms in total. The molecule has 1 aromatic heterocycles. The van der Waals surface area contributed by atoms with E-state index in [1.54, 1.807) is 6.07 Å². The molecule has 72 valence electrons. The Balaban J connectivity index is 3.00. The third-order valence-electron chi connectivity index (χ3n) is 1.47. The van der Waals surface area contributed by atoms with Crippen molar-refractivity contribution in [1.29, 1.82) is 0 Å². The van der Waals surface area contributed by atoms with Gasteiger partial charge in [-0.25, -0.2) is 4.98 Å². The number of aldehydes is 1. The zero-order valence-electron chi connectivity index (χ0n) is 7.78. The second-order valence-electron chi connectivity index (χ2n) is 2.50. The predicted octanol–water partition coefficient (Wildman–Crippen LogP) is 0.613. The zero-order chi connectivity index (χ0) is 10.4. The van der Waals surface area contributed by atoms with E-state index in [-0.39, 0.29) is 6.42 Å². The van der Waals surface area contributed by atoms with E-state index in [0.29, 0.717) is 17.1 Å². The molecule has 0 aliphatic rings. The minimum Gasteiger partial charge on any atom is -0.480 e. The van der Waals surface area contributed by atoms with Gasteiger partial charge in [0.25, 0.3) is 0 Å². The van der Waals surface area contributed by atoms with Gasteiger partial charge in [0, 0.05) is 0 Å². The Hall–Kier alpha value is -2.02. The van der Waals surface area contributed by atoms with Crippen molar-refractivity contribution in [3.8, 4) is 17.7 Å². The predicted molar refractivity (Wildman–Crippen MR) is 52.8 cm³/mol. The van der Waals surface area contributed by atoms with Crippen molar-refractivity contribution in [3.05, 3.63) is 17.8 Å². The molecule has 4 heteroatoms. The molecule has 0 aromatic carbocycles. The van der Waals surface area contributed by atoms with E-state index >= 15 is 0 Å². The molecule has 0 aliphatic carbocycles. The molecular formula is C10H10N2O2. The lowest BCUT2D eigenvalue weighted by Gasteiger charge is -2.01. The van der Waals surface area contributed by atoms with Crippen molar-refractivity contribution >= 4 is 12.0 Å². The molecular weight excluding hydrogens is 180 g/mol. The SMILES string of the molecule is COc1ncc(N)cc1C#CCC=O. The minimum absolute atomic E-state index is 0.192. The number of nitrogen functional groups attached to an aromatic ring is 1. The molecule has 1 rings (SSSR count). The summed E-state index contributed by atoms with van der Waals surface area (Å²) in [6, 6.07) is 1.66. The van der Waals surface area contributed by atoms with Crippen molar-refractivity contribution in [2.75, 3.05) is 12.8 Å². The molecule has 0 unspecified atom stereocenters. The van der Waals surface area contributed by atoms with Crippen LogP contribution in [0.5, 0.6) is 5.88 Å². The molecule has 0 radical (unpaired) electrons. The van der Waals surface area contributed by atoms with Crippen LogP contribution in [0.25, 0.3) is 0 Å². The number of anilines is 1. The number of nitrogens with zero attached hydrogens (tertiary/aromatic N) is 1. The fourth-order valence-corrected chi connectivity index (χ4v) is 0.909. The molecule has 2 N–H and O–H groups in total. The van der Waals surface area contributed by atoms with Gasteiger partial charge in [0.05, 0.1) is 31.0 Å². The monoisotopic (exact) mass is 190 g/mol. The van der Waals surface area contributed by atoms with Gasteiger partial charge >= 0.3 is 0 Å². The number of hydrogen-bond acceptors (Lipinski definition) is 4. The molecule has 0 saturated heterocycles. The lowest BCUT2D eigenvalue weighted by atomic mass is 10.2. The first-order chi connectivity index (χ1) is 6.77. The van der Waals surface area contributed by atoms with Gasteiger partial charge in [-0.15, -0.1) is 0 Å². The van der Waals surface area contributed by atoms with Gasteiger partial charge in [0.1, 0.15) is 6.29 Å². The molecule has 0 bridgehead atoms. The molecule has 0 aliphatic heterocycles. The highest BCUT2D eigenvalue weighted by Gasteiger charge is 2.00. The van der Waals surface area contributed by atoms with Crippen LogP contribution < -0.4 is 10.5 Å². The normalized spacial score (nSPS) is 8.64. The Labute approximate surface area is 82.1 Å². The lowest BCUT2D eigenvalue weighted by molar-refractivity contribution is -0.107. The van der Waals surface area contributed by atoms with Crippen LogP contribution in [0.2, 0.25) is 0 Å². The Bertz CT molecular complexity index is 391. The maximum Gasteiger partial charge on any atom is 0.229 e. The van der Waals surface area contributed by atoms with E-state index in [9.17, 15) is 4.79 Å². The number of hydrogen-bond donors (Lipinski definition) is 1. The summed E-state index contributed by atoms with van der Waals surface area (Å²) < 4.78 is 4.97. The largest absolute Gasteiger partial charge is 0.480 e. The Morgan fingerprint density at radius 3 is 3.14 bits per heavy atom. The number of carbonyl (C=O) groups excluding carboxylic acids is 1. The van der Waals surface area contributed by atoms with Gasteiger partial charge in [-0.2, -0.15) is 0 Å². The van der Waals surface area contributed by atoms with Gasteiger partial charge in [-0.3, -0.25) is 0 Å². The summed E-state index contributed by atoms with van der Waals surface area (Å²) >= 11 is 0. The quantitative estimate of drug-likeness (QED) is 0.548. The van der Waals surface area contributed by atoms with Gasteiger partial charge in [0.2, 0.25) is 5.88 Å². The molecule has 0 fully saturated rings. The van der Waals surface area contributed by atoms with Gasteiger partial charge < -0.3 is 15.3 Å². The van der Waals surface area contributed by atoms with Crippen molar-refractivity contribution in [2.24, 2.45) is 0 Å². The third kappa shape index (κ3) is 2.49. The fourth-order valence-electron chi connectivity index (χ4n) is 0.909. The van der Waals surface area contributed by atoms with E-state index < -0.39 is 0 Å². The smallest absolute Gasteiger partial charge is 0.229 e. The molecule has 14 heavy (non-hydrogen) atoms. The number of carbonyl (C=O) groups is 1. The lowest BCUT2D eigenvalue weighted by Crippen LogP contribution is -1.94. The molecule has 0 saturated carbocycles. The van der Waals surface area contributed by atoms with Crippen molar-refractivity contribution in [2.45, 2.75) is 6.42 Å². The zero-order valence-corrected chi connectivity index (χ0v) is 7.78. The number of nitrogens with two attached hydrogens (primary N) is 1. The second kappa shape index (κ2) is 4.87. The summed E-state index contributed by atoms with van der Waals surface area (Å²) in [7, 11) is 1.50. The van der Waals surface area contributed by atoms with Gasteiger partial charge in [0.15, 0.2) is 0 Å². The maximum atomic E-state index is 10.0. The molecule has 1 aromatic rings. The second-order valence-corrected chi connectivity index (χ2v) is 2.50. The first-order valence-corrected chi connectivity index (χ1v) is 4.00. The van der Waals surface area contributed by atoms with Crippen LogP contribution in [0.15, 0.2) is 12.3 Å². The number of rotatable bonds is 2. The van der Waals surface area contributed by atoms with Crippen LogP contribution in [-0.2, 0) is 4.79 Å². The van der Waals surface area contributed by atoms with E-state index in [4.69, 9.17) is 10.5 Å². The van der Waals surface area contributed by atoms with E-state index in [0.717, 1.165) is 6.29 Å². The number of aromatic nitrogens is 1. The summed E-state index contributed by atoms with van der Waals surface area (Å²) in [5, 5.41) is 0. The third-order valence-corrected chi connectivity index (χ3v) is 1.47. The van der Waals surface area contributed by atoms with Gasteiger partial charge in [-0.1, -0.05) is 11.8 Å². The average Bonchev–Trinajstić information content (AvgIpc) is 2.19. The Morgan fingerprint density at radius 2 is 2.50 bits per heavy atom. The first-order valence-electron chi connectivity index (χ1n) is 4.00. The summed E-state index contributed by atoms with van der Waals surface area (Å²) in [5.41, 5.74) is 6.64. The standard InChI is InChI=1S/C10H10N2O2/c1-14-10-8(4-2-3-5-13)6-9(11)7-12-10/h5-7H,3,11H2,1H3. The topological polar surface area (TPSA) is 65.2 Å². The highest BCUT2D eigenvalue weighted by atomic mass is 16.5. The summed E-state index contributed by atoms with van der Waals surface area (Å²) in [5.74, 6) is 5.83. The van der Waals surface area contributed by atoms with Crippen LogP contribution in [0.3, 0.4) is 0 Å². The van der Waals surface area contributed by atoms with E-state index in [2.05, 4.69) is 16.8 Å². The summed E-state index contributed by atoms with van der Waals surface area (Å²) in [6.07, 6.45) is 2.42. The van der Waals surface area contributed by atoms with Crippen LogP contribution >= 0.6 is 0 Å². The fraction of sp³-hybridized carbons (Fsp3) is 0.200.